The van der Waals surface area contributed by atoms with Gasteiger partial charge in [0.2, 0.25) is 5.78 Å². The number of carbonyl (C=O) groups is 4. The Morgan fingerprint density at radius 1 is 1.06 bits per heavy atom. The molecule has 0 amide bonds. The van der Waals surface area contributed by atoms with Crippen LogP contribution < -0.4 is 0 Å². The van der Waals surface area contributed by atoms with Gasteiger partial charge < -0.3 is 14.9 Å². The average molecular weight is 430 g/mol. The summed E-state index contributed by atoms with van der Waals surface area (Å²) >= 11 is 0. The SMILES string of the molecule is C=C1CC2(O)C3(C)CCC(=O)C(C)(C)C3=C(O)C(=O)C2(C)C2C(=O)OC(C)C(=O)C12C. The highest BCUT2D eigenvalue weighted by Gasteiger charge is 2.79. The van der Waals surface area contributed by atoms with E-state index in [4.69, 9.17) is 4.74 Å². The summed E-state index contributed by atoms with van der Waals surface area (Å²) in [6, 6.07) is 0. The molecule has 2 saturated carbocycles. The van der Waals surface area contributed by atoms with Crippen LogP contribution in [0.1, 0.15) is 60.8 Å². The summed E-state index contributed by atoms with van der Waals surface area (Å²) in [6.07, 6.45) is -0.752. The second-order valence-corrected chi connectivity index (χ2v) is 10.9. The third-order valence-corrected chi connectivity index (χ3v) is 9.19. The summed E-state index contributed by atoms with van der Waals surface area (Å²) in [7, 11) is 0. The Morgan fingerprint density at radius 2 is 1.65 bits per heavy atom. The molecule has 2 N–H and O–H groups in total. The van der Waals surface area contributed by atoms with Gasteiger partial charge in [0.15, 0.2) is 17.6 Å². The second-order valence-electron chi connectivity index (χ2n) is 10.9. The molecule has 3 fully saturated rings. The molecule has 0 spiro atoms. The molecule has 6 atom stereocenters. The fourth-order valence-corrected chi connectivity index (χ4v) is 7.25. The molecule has 0 radical (unpaired) electrons. The molecule has 0 bridgehead atoms. The van der Waals surface area contributed by atoms with Crippen LogP contribution in [0.25, 0.3) is 0 Å². The van der Waals surface area contributed by atoms with Gasteiger partial charge in [-0.1, -0.05) is 19.1 Å². The van der Waals surface area contributed by atoms with Gasteiger partial charge in [-0.15, -0.1) is 0 Å². The monoisotopic (exact) mass is 430 g/mol. The average Bonchev–Trinajstić information content (AvgIpc) is 2.66. The van der Waals surface area contributed by atoms with Crippen molar-refractivity contribution in [3.8, 4) is 0 Å². The number of fused-ring (bicyclic) bond motifs is 5. The molecule has 1 heterocycles. The van der Waals surface area contributed by atoms with E-state index in [9.17, 15) is 29.4 Å². The number of rotatable bonds is 0. The maximum atomic E-state index is 13.8. The van der Waals surface area contributed by atoms with E-state index >= 15 is 0 Å². The first kappa shape index (κ1) is 21.9. The molecule has 4 aliphatic rings. The third-order valence-electron chi connectivity index (χ3n) is 9.19. The van der Waals surface area contributed by atoms with Crippen molar-refractivity contribution in [2.75, 3.05) is 0 Å². The van der Waals surface area contributed by atoms with Crippen molar-refractivity contribution in [2.24, 2.45) is 27.6 Å². The van der Waals surface area contributed by atoms with Crippen LogP contribution >= 0.6 is 0 Å². The van der Waals surface area contributed by atoms with Crippen molar-refractivity contribution in [1.29, 1.82) is 0 Å². The van der Waals surface area contributed by atoms with E-state index in [1.54, 1.807) is 27.7 Å². The fraction of sp³-hybridized carbons (Fsp3) is 0.667. The Morgan fingerprint density at radius 3 is 2.23 bits per heavy atom. The Bertz CT molecular complexity index is 1020. The van der Waals surface area contributed by atoms with Crippen molar-refractivity contribution < 1.29 is 34.1 Å². The lowest BCUT2D eigenvalue weighted by molar-refractivity contribution is -0.234. The second kappa shape index (κ2) is 5.74. The Kier molecular flexibility index (Phi) is 4.06. The highest BCUT2D eigenvalue weighted by Crippen LogP contribution is 2.72. The molecule has 0 aromatic carbocycles. The standard InChI is InChI=1S/C24H30O7/c1-11-10-24(30)21(5)9-8-13(25)20(3,4)15(21)14(26)18(28)23(24,7)16-19(29)31-12(2)17(27)22(11,16)6/h12,16,26,30H,1,8-10H2,2-7H3. The van der Waals surface area contributed by atoms with Crippen LogP contribution in [0.4, 0.5) is 0 Å². The van der Waals surface area contributed by atoms with E-state index in [2.05, 4.69) is 6.58 Å². The summed E-state index contributed by atoms with van der Waals surface area (Å²) in [5.74, 6) is -4.06. The van der Waals surface area contributed by atoms with Crippen LogP contribution in [0.15, 0.2) is 23.5 Å². The minimum atomic E-state index is -1.85. The summed E-state index contributed by atoms with van der Waals surface area (Å²) in [4.78, 5) is 52.9. The van der Waals surface area contributed by atoms with Gasteiger partial charge in [0.1, 0.15) is 5.78 Å². The molecule has 4 rings (SSSR count). The van der Waals surface area contributed by atoms with E-state index in [-0.39, 0.29) is 36.4 Å². The molecule has 7 nitrogen and oxygen atoms in total. The van der Waals surface area contributed by atoms with Crippen LogP contribution in [0, 0.1) is 27.6 Å². The molecule has 168 valence electrons. The minimum absolute atomic E-state index is 0.106. The Hall–Kier alpha value is -2.28. The normalized spacial score (nSPS) is 46.9. The maximum Gasteiger partial charge on any atom is 0.312 e. The predicted octanol–water partition coefficient (Wildman–Crippen LogP) is 2.61. The third kappa shape index (κ3) is 2.04. The molecule has 6 unspecified atom stereocenters. The first-order valence-corrected chi connectivity index (χ1v) is 10.7. The van der Waals surface area contributed by atoms with Crippen molar-refractivity contribution in [3.63, 3.8) is 0 Å². The topological polar surface area (TPSA) is 118 Å². The van der Waals surface area contributed by atoms with Crippen molar-refractivity contribution in [3.05, 3.63) is 23.5 Å². The molecular formula is C24H30O7. The van der Waals surface area contributed by atoms with E-state index in [0.29, 0.717) is 5.57 Å². The Balaban J connectivity index is 2.08. The number of cyclic esters (lactones) is 1. The fourth-order valence-electron chi connectivity index (χ4n) is 7.25. The number of ketones is 3. The van der Waals surface area contributed by atoms with Crippen LogP contribution in [-0.2, 0) is 23.9 Å². The lowest BCUT2D eigenvalue weighted by atomic mass is 9.35. The largest absolute Gasteiger partial charge is 0.504 e. The van der Waals surface area contributed by atoms with Gasteiger partial charge in [-0.3, -0.25) is 19.2 Å². The van der Waals surface area contributed by atoms with Crippen LogP contribution in [0.3, 0.4) is 0 Å². The number of Topliss-reactive ketones (excluding diaryl/α,β-unsaturated/α-hetero) is 3. The highest BCUT2D eigenvalue weighted by atomic mass is 16.5. The highest BCUT2D eigenvalue weighted by molar-refractivity contribution is 6.09. The summed E-state index contributed by atoms with van der Waals surface area (Å²) in [6.45, 7) is 13.6. The van der Waals surface area contributed by atoms with E-state index < -0.39 is 56.8 Å². The molecular weight excluding hydrogens is 400 g/mol. The van der Waals surface area contributed by atoms with Crippen molar-refractivity contribution >= 4 is 23.3 Å². The number of carbonyl (C=O) groups excluding carboxylic acids is 4. The van der Waals surface area contributed by atoms with Gasteiger partial charge in [0.25, 0.3) is 0 Å². The van der Waals surface area contributed by atoms with E-state index in [1.165, 1.54) is 13.8 Å². The zero-order chi connectivity index (χ0) is 23.5. The molecule has 3 aliphatic carbocycles. The number of esters is 1. The maximum absolute atomic E-state index is 13.8. The van der Waals surface area contributed by atoms with Gasteiger partial charge in [-0.2, -0.15) is 0 Å². The van der Waals surface area contributed by atoms with Gasteiger partial charge in [-0.05, 0) is 53.0 Å². The Labute approximate surface area is 181 Å². The molecule has 0 aromatic heterocycles. The first-order chi connectivity index (χ1) is 14.0. The lowest BCUT2D eigenvalue weighted by Gasteiger charge is -2.68. The minimum Gasteiger partial charge on any atom is -0.504 e. The van der Waals surface area contributed by atoms with Crippen molar-refractivity contribution in [1.82, 2.24) is 0 Å². The number of ether oxygens (including phenoxy) is 1. The number of hydrogen-bond donors (Lipinski definition) is 2. The molecule has 31 heavy (non-hydrogen) atoms. The molecule has 1 aliphatic heterocycles. The van der Waals surface area contributed by atoms with Crippen LogP contribution in [-0.4, -0.2) is 45.2 Å². The molecule has 1 saturated heterocycles. The molecule has 7 heteroatoms. The van der Waals surface area contributed by atoms with Gasteiger partial charge in [0, 0.05) is 17.3 Å². The van der Waals surface area contributed by atoms with Gasteiger partial charge in [-0.25, -0.2) is 0 Å². The number of aliphatic hydroxyl groups is 2. The smallest absolute Gasteiger partial charge is 0.312 e. The summed E-state index contributed by atoms with van der Waals surface area (Å²) in [5.41, 5.74) is -6.90. The van der Waals surface area contributed by atoms with E-state index in [0.717, 1.165) is 0 Å². The summed E-state index contributed by atoms with van der Waals surface area (Å²) < 4.78 is 5.31. The van der Waals surface area contributed by atoms with Crippen molar-refractivity contribution in [2.45, 2.75) is 72.5 Å². The number of allylic oxidation sites excluding steroid dienone is 1. The van der Waals surface area contributed by atoms with E-state index in [1.807, 2.05) is 0 Å². The number of hydrogen-bond acceptors (Lipinski definition) is 7. The lowest BCUT2D eigenvalue weighted by Crippen LogP contribution is -2.76. The number of aliphatic hydroxyl groups excluding tert-OH is 1. The zero-order valence-electron chi connectivity index (χ0n) is 18.9. The zero-order valence-corrected chi connectivity index (χ0v) is 18.9. The van der Waals surface area contributed by atoms with Gasteiger partial charge >= 0.3 is 5.97 Å². The van der Waals surface area contributed by atoms with Gasteiger partial charge in [0.05, 0.1) is 22.3 Å². The molecule has 0 aromatic rings. The quantitative estimate of drug-likeness (QED) is 0.448. The first-order valence-electron chi connectivity index (χ1n) is 10.7. The van der Waals surface area contributed by atoms with Crippen LogP contribution in [0.5, 0.6) is 0 Å². The van der Waals surface area contributed by atoms with Crippen LogP contribution in [0.2, 0.25) is 0 Å². The summed E-state index contributed by atoms with van der Waals surface area (Å²) in [5, 5.41) is 23.5. The predicted molar refractivity (Wildman–Crippen MR) is 110 cm³/mol.